The molecule has 0 aromatic heterocycles. The summed E-state index contributed by atoms with van der Waals surface area (Å²) in [5, 5.41) is 8.19. The molecule has 0 aliphatic rings. The highest BCUT2D eigenvalue weighted by atomic mass is 32.1. The first-order chi connectivity index (χ1) is 4.46. The molecule has 0 fully saturated rings. The van der Waals surface area contributed by atoms with Crippen molar-refractivity contribution in [2.75, 3.05) is 0 Å². The molecule has 4 nitrogen and oxygen atoms in total. The van der Waals surface area contributed by atoms with Gasteiger partial charge >= 0.3 is 6.09 Å². The molecule has 0 aliphatic heterocycles. The third-order valence-electron chi connectivity index (χ3n) is 0.739. The molecule has 0 unspecified atom stereocenters. The summed E-state index contributed by atoms with van der Waals surface area (Å²) in [6, 6.07) is 0. The molecule has 0 saturated carbocycles. The lowest BCUT2D eigenvalue weighted by molar-refractivity contribution is -0.120. The molecule has 0 spiro atoms. The van der Waals surface area contributed by atoms with Crippen molar-refractivity contribution in [1.82, 2.24) is 4.31 Å². The van der Waals surface area contributed by atoms with Crippen molar-refractivity contribution in [3.05, 3.63) is 12.2 Å². The van der Waals surface area contributed by atoms with Crippen molar-refractivity contribution < 1.29 is 14.7 Å². The van der Waals surface area contributed by atoms with E-state index in [4.69, 9.17) is 5.11 Å². The Morgan fingerprint density at radius 1 is 1.60 bits per heavy atom. The summed E-state index contributed by atoms with van der Waals surface area (Å²) in [5.41, 5.74) is 0.136. The SMILES string of the molecule is C=C(C)C(=O)N(S)C(=O)O. The standard InChI is InChI=1S/C5H7NO3S/c1-3(2)4(7)6(10)5(8)9/h10H,1H2,2H3,(H,8,9). The number of carbonyl (C=O) groups excluding carboxylic acids is 1. The van der Waals surface area contributed by atoms with Crippen molar-refractivity contribution in [3.8, 4) is 0 Å². The molecule has 0 heterocycles. The van der Waals surface area contributed by atoms with Crippen LogP contribution in [-0.4, -0.2) is 21.4 Å². The van der Waals surface area contributed by atoms with Crippen LogP contribution in [-0.2, 0) is 4.79 Å². The van der Waals surface area contributed by atoms with Crippen LogP contribution < -0.4 is 0 Å². The van der Waals surface area contributed by atoms with Crippen LogP contribution in [0.15, 0.2) is 12.2 Å². The minimum atomic E-state index is -1.41. The molecule has 0 bridgehead atoms. The molecule has 0 aromatic carbocycles. The zero-order valence-electron chi connectivity index (χ0n) is 5.37. The van der Waals surface area contributed by atoms with Crippen molar-refractivity contribution >= 4 is 24.8 Å². The summed E-state index contributed by atoms with van der Waals surface area (Å²) >= 11 is 3.38. The van der Waals surface area contributed by atoms with E-state index in [1.807, 2.05) is 0 Å². The molecule has 0 atom stereocenters. The van der Waals surface area contributed by atoms with Gasteiger partial charge in [0.1, 0.15) is 0 Å². The van der Waals surface area contributed by atoms with E-state index in [0.717, 1.165) is 0 Å². The second-order valence-corrected chi connectivity index (χ2v) is 2.08. The first-order valence-corrected chi connectivity index (χ1v) is 2.78. The van der Waals surface area contributed by atoms with Crippen LogP contribution in [0.4, 0.5) is 4.79 Å². The fourth-order valence-electron chi connectivity index (χ4n) is 0.268. The summed E-state index contributed by atoms with van der Waals surface area (Å²) < 4.78 is 0.280. The summed E-state index contributed by atoms with van der Waals surface area (Å²) in [5.74, 6) is -0.712. The number of hydrogen-bond acceptors (Lipinski definition) is 3. The molecule has 56 valence electrons. The highest BCUT2D eigenvalue weighted by molar-refractivity contribution is 7.79. The monoisotopic (exact) mass is 161 g/mol. The van der Waals surface area contributed by atoms with Crippen LogP contribution in [0.3, 0.4) is 0 Å². The van der Waals surface area contributed by atoms with Crippen LogP contribution in [0.5, 0.6) is 0 Å². The Hall–Kier alpha value is -0.970. The zero-order valence-corrected chi connectivity index (χ0v) is 6.26. The van der Waals surface area contributed by atoms with E-state index >= 15 is 0 Å². The molecule has 0 rings (SSSR count). The summed E-state index contributed by atoms with van der Waals surface area (Å²) in [4.78, 5) is 20.7. The minimum Gasteiger partial charge on any atom is -0.464 e. The molecule has 0 radical (unpaired) electrons. The molecule has 0 aliphatic carbocycles. The van der Waals surface area contributed by atoms with Crippen molar-refractivity contribution in [2.45, 2.75) is 6.92 Å². The van der Waals surface area contributed by atoms with Gasteiger partial charge in [-0.05, 0) is 6.92 Å². The van der Waals surface area contributed by atoms with E-state index in [2.05, 4.69) is 19.4 Å². The normalized spacial score (nSPS) is 8.60. The number of imide groups is 1. The first-order valence-electron chi connectivity index (χ1n) is 2.38. The van der Waals surface area contributed by atoms with E-state index in [1.165, 1.54) is 6.92 Å². The maximum Gasteiger partial charge on any atom is 0.424 e. The summed E-state index contributed by atoms with van der Waals surface area (Å²) in [6.45, 7) is 4.67. The summed E-state index contributed by atoms with van der Waals surface area (Å²) in [7, 11) is 0. The topological polar surface area (TPSA) is 57.6 Å². The predicted molar refractivity (Wildman–Crippen MR) is 38.7 cm³/mol. The molecule has 0 aromatic rings. The predicted octanol–water partition coefficient (Wildman–Crippen LogP) is 0.914. The summed E-state index contributed by atoms with van der Waals surface area (Å²) in [6.07, 6.45) is -1.41. The van der Waals surface area contributed by atoms with Crippen LogP contribution in [0.2, 0.25) is 0 Å². The van der Waals surface area contributed by atoms with Crippen LogP contribution in [0.25, 0.3) is 0 Å². The molecule has 1 N–H and O–H groups in total. The van der Waals surface area contributed by atoms with Crippen LogP contribution >= 0.6 is 12.8 Å². The van der Waals surface area contributed by atoms with Gasteiger partial charge < -0.3 is 5.11 Å². The van der Waals surface area contributed by atoms with E-state index in [1.54, 1.807) is 0 Å². The smallest absolute Gasteiger partial charge is 0.424 e. The van der Waals surface area contributed by atoms with E-state index in [-0.39, 0.29) is 9.88 Å². The molecule has 5 heteroatoms. The number of carboxylic acid groups (broad SMARTS) is 1. The maximum absolute atomic E-state index is 10.7. The number of amides is 2. The quantitative estimate of drug-likeness (QED) is 0.444. The van der Waals surface area contributed by atoms with Crippen LogP contribution in [0, 0.1) is 0 Å². The zero-order chi connectivity index (χ0) is 8.31. The lowest BCUT2D eigenvalue weighted by Crippen LogP contribution is -2.27. The van der Waals surface area contributed by atoms with Gasteiger partial charge in [-0.2, -0.15) is 4.31 Å². The molecule has 2 amide bonds. The maximum atomic E-state index is 10.7. The Morgan fingerprint density at radius 2 is 2.00 bits per heavy atom. The van der Waals surface area contributed by atoms with Crippen molar-refractivity contribution in [3.63, 3.8) is 0 Å². The number of rotatable bonds is 1. The van der Waals surface area contributed by atoms with Crippen molar-refractivity contribution in [2.24, 2.45) is 0 Å². The molecular weight excluding hydrogens is 154 g/mol. The van der Waals surface area contributed by atoms with E-state index in [9.17, 15) is 9.59 Å². The van der Waals surface area contributed by atoms with Gasteiger partial charge in [-0.25, -0.2) is 4.79 Å². The second-order valence-electron chi connectivity index (χ2n) is 1.68. The third-order valence-corrected chi connectivity index (χ3v) is 1.09. The molecular formula is C5H7NO3S. The Bertz CT molecular complexity index is 189. The average Bonchev–Trinajstić information content (AvgIpc) is 1.84. The number of hydrogen-bond donors (Lipinski definition) is 2. The third kappa shape index (κ3) is 2.10. The van der Waals surface area contributed by atoms with Gasteiger partial charge in [-0.3, -0.25) is 4.79 Å². The fourth-order valence-corrected chi connectivity index (χ4v) is 0.438. The number of carbonyl (C=O) groups is 2. The lowest BCUT2D eigenvalue weighted by Gasteiger charge is -2.07. The number of thiol groups is 1. The minimum absolute atomic E-state index is 0.136. The molecule has 0 saturated heterocycles. The fraction of sp³-hybridized carbons (Fsp3) is 0.200. The highest BCUT2D eigenvalue weighted by Crippen LogP contribution is 2.01. The van der Waals surface area contributed by atoms with Gasteiger partial charge in [0.05, 0.1) is 0 Å². The van der Waals surface area contributed by atoms with Gasteiger partial charge in [0, 0.05) is 5.57 Å². The van der Waals surface area contributed by atoms with Gasteiger partial charge in [-0.15, -0.1) is 0 Å². The second kappa shape index (κ2) is 3.26. The Kier molecular flexibility index (Phi) is 2.95. The Labute approximate surface area is 63.7 Å². The van der Waals surface area contributed by atoms with Gasteiger partial charge in [0.2, 0.25) is 0 Å². The van der Waals surface area contributed by atoms with E-state index < -0.39 is 12.0 Å². The van der Waals surface area contributed by atoms with Crippen molar-refractivity contribution in [1.29, 1.82) is 0 Å². The highest BCUT2D eigenvalue weighted by Gasteiger charge is 2.16. The number of nitrogens with zero attached hydrogens (tertiary/aromatic N) is 1. The molecule has 10 heavy (non-hydrogen) atoms. The largest absolute Gasteiger partial charge is 0.464 e. The Morgan fingerprint density at radius 3 is 2.10 bits per heavy atom. The van der Waals surface area contributed by atoms with E-state index in [0.29, 0.717) is 0 Å². The van der Waals surface area contributed by atoms with Gasteiger partial charge in [-0.1, -0.05) is 19.4 Å². The van der Waals surface area contributed by atoms with Gasteiger partial charge in [0.15, 0.2) is 0 Å². The van der Waals surface area contributed by atoms with Crippen LogP contribution in [0.1, 0.15) is 6.92 Å². The Balaban J connectivity index is 4.22. The van der Waals surface area contributed by atoms with Gasteiger partial charge in [0.25, 0.3) is 5.91 Å². The average molecular weight is 161 g/mol. The lowest BCUT2D eigenvalue weighted by atomic mass is 10.3. The first kappa shape index (κ1) is 9.03.